The lowest BCUT2D eigenvalue weighted by Gasteiger charge is -2.34. The molecular weight excluding hydrogens is 501 g/mol. The second-order valence-corrected chi connectivity index (χ2v) is 8.86. The largest absolute Gasteiger partial charge is 0.379 e. The molecule has 0 spiro atoms. The Morgan fingerprint density at radius 2 is 1.84 bits per heavy atom. The number of hydrogen-bond donors (Lipinski definition) is 2. The van der Waals surface area contributed by atoms with Crippen molar-refractivity contribution in [2.75, 3.05) is 52.5 Å². The number of guanidine groups is 1. The van der Waals surface area contributed by atoms with Crippen LogP contribution >= 0.6 is 24.0 Å². The summed E-state index contributed by atoms with van der Waals surface area (Å²) in [4.78, 5) is 10.3. The molecule has 1 aromatic rings. The lowest BCUT2D eigenvalue weighted by molar-refractivity contribution is 0.0179. The second kappa shape index (κ2) is 13.0. The van der Waals surface area contributed by atoms with Gasteiger partial charge in [-0.3, -0.25) is 14.8 Å². The molecule has 2 atom stereocenters. The van der Waals surface area contributed by atoms with Gasteiger partial charge in [0.05, 0.1) is 25.8 Å². The Bertz CT molecular complexity index is 661. The molecule has 0 radical (unpaired) electrons. The fourth-order valence-corrected chi connectivity index (χ4v) is 5.19. The van der Waals surface area contributed by atoms with E-state index >= 15 is 0 Å². The quantitative estimate of drug-likeness (QED) is 0.316. The second-order valence-electron chi connectivity index (χ2n) is 8.86. The van der Waals surface area contributed by atoms with E-state index in [0.717, 1.165) is 57.9 Å². The molecule has 2 unspecified atom stereocenters. The number of nitrogens with zero attached hydrogens (tertiary/aromatic N) is 3. The highest BCUT2D eigenvalue weighted by atomic mass is 127. The smallest absolute Gasteiger partial charge is 0.191 e. The van der Waals surface area contributed by atoms with Crippen molar-refractivity contribution >= 4 is 29.9 Å². The minimum absolute atomic E-state index is 0. The van der Waals surface area contributed by atoms with Crippen molar-refractivity contribution in [3.05, 3.63) is 35.9 Å². The Balaban J connectivity index is 0.00000272. The molecule has 0 amide bonds. The van der Waals surface area contributed by atoms with Crippen LogP contribution in [0.2, 0.25) is 0 Å². The van der Waals surface area contributed by atoms with E-state index in [9.17, 15) is 0 Å². The highest BCUT2D eigenvalue weighted by Crippen LogP contribution is 2.26. The molecule has 0 bridgehead atoms. The SMILES string of the molecule is CCNC(=NCC(c1ccccc1)N1CCOCC1)NC1CCN(C2CCCC2)C1.I. The van der Waals surface area contributed by atoms with Crippen LogP contribution in [0.4, 0.5) is 0 Å². The van der Waals surface area contributed by atoms with Gasteiger partial charge in [-0.2, -0.15) is 0 Å². The molecule has 2 aliphatic heterocycles. The molecule has 2 N–H and O–H groups in total. The summed E-state index contributed by atoms with van der Waals surface area (Å²) < 4.78 is 5.58. The minimum atomic E-state index is 0. The van der Waals surface area contributed by atoms with Crippen molar-refractivity contribution in [3.8, 4) is 0 Å². The van der Waals surface area contributed by atoms with Crippen LogP contribution < -0.4 is 10.6 Å². The van der Waals surface area contributed by atoms with Crippen LogP contribution in [0, 0.1) is 0 Å². The van der Waals surface area contributed by atoms with Gasteiger partial charge in [-0.25, -0.2) is 0 Å². The summed E-state index contributed by atoms with van der Waals surface area (Å²) in [7, 11) is 0. The van der Waals surface area contributed by atoms with E-state index in [1.807, 2.05) is 0 Å². The van der Waals surface area contributed by atoms with E-state index in [0.29, 0.717) is 12.1 Å². The van der Waals surface area contributed by atoms with Crippen LogP contribution in [0.5, 0.6) is 0 Å². The number of aliphatic imine (C=N–C) groups is 1. The molecule has 4 rings (SSSR count). The Morgan fingerprint density at radius 1 is 1.10 bits per heavy atom. The van der Waals surface area contributed by atoms with Gasteiger partial charge in [0.1, 0.15) is 0 Å². The summed E-state index contributed by atoms with van der Waals surface area (Å²) in [6.45, 7) is 9.73. The fourth-order valence-electron chi connectivity index (χ4n) is 5.19. The van der Waals surface area contributed by atoms with E-state index in [2.05, 4.69) is 57.7 Å². The van der Waals surface area contributed by atoms with Gasteiger partial charge in [0.15, 0.2) is 5.96 Å². The number of likely N-dealkylation sites (tertiary alicyclic amines) is 1. The lowest BCUT2D eigenvalue weighted by Crippen LogP contribution is -2.46. The first-order valence-electron chi connectivity index (χ1n) is 12.0. The van der Waals surface area contributed by atoms with Gasteiger partial charge in [-0.15, -0.1) is 24.0 Å². The van der Waals surface area contributed by atoms with E-state index < -0.39 is 0 Å². The topological polar surface area (TPSA) is 52.1 Å². The van der Waals surface area contributed by atoms with Crippen LogP contribution in [0.1, 0.15) is 50.6 Å². The normalized spacial score (nSPS) is 24.7. The van der Waals surface area contributed by atoms with Crippen LogP contribution in [0.15, 0.2) is 35.3 Å². The first kappa shape index (κ1) is 24.7. The average molecular weight is 542 g/mol. The van der Waals surface area contributed by atoms with E-state index in [4.69, 9.17) is 9.73 Å². The molecule has 1 saturated carbocycles. The third kappa shape index (κ3) is 7.04. The Labute approximate surface area is 205 Å². The lowest BCUT2D eigenvalue weighted by atomic mass is 10.0. The van der Waals surface area contributed by atoms with Gasteiger partial charge in [0, 0.05) is 44.8 Å². The number of ether oxygens (including phenoxy) is 1. The van der Waals surface area contributed by atoms with E-state index in [-0.39, 0.29) is 24.0 Å². The number of rotatable bonds is 7. The Kier molecular flexibility index (Phi) is 10.3. The van der Waals surface area contributed by atoms with Crippen LogP contribution in [0.25, 0.3) is 0 Å². The molecule has 0 aromatic heterocycles. The number of nitrogens with one attached hydrogen (secondary N) is 2. The van der Waals surface area contributed by atoms with E-state index in [1.54, 1.807) is 0 Å². The highest BCUT2D eigenvalue weighted by molar-refractivity contribution is 14.0. The highest BCUT2D eigenvalue weighted by Gasteiger charge is 2.30. The van der Waals surface area contributed by atoms with E-state index in [1.165, 1.54) is 44.2 Å². The van der Waals surface area contributed by atoms with Crippen molar-refractivity contribution in [1.29, 1.82) is 0 Å². The molecule has 3 fully saturated rings. The van der Waals surface area contributed by atoms with Gasteiger partial charge in [0.25, 0.3) is 0 Å². The fraction of sp³-hybridized carbons (Fsp3) is 0.708. The summed E-state index contributed by atoms with van der Waals surface area (Å²) in [6, 6.07) is 12.4. The predicted octanol–water partition coefficient (Wildman–Crippen LogP) is 3.25. The number of morpholine rings is 1. The predicted molar refractivity (Wildman–Crippen MR) is 138 cm³/mol. The summed E-state index contributed by atoms with van der Waals surface area (Å²) >= 11 is 0. The zero-order chi connectivity index (χ0) is 20.6. The molecule has 6 nitrogen and oxygen atoms in total. The molecule has 31 heavy (non-hydrogen) atoms. The third-order valence-electron chi connectivity index (χ3n) is 6.84. The summed E-state index contributed by atoms with van der Waals surface area (Å²) in [5.41, 5.74) is 1.34. The molecule has 1 aromatic carbocycles. The Morgan fingerprint density at radius 3 is 2.55 bits per heavy atom. The third-order valence-corrected chi connectivity index (χ3v) is 6.84. The van der Waals surface area contributed by atoms with Gasteiger partial charge in [-0.1, -0.05) is 43.2 Å². The summed E-state index contributed by atoms with van der Waals surface area (Å²) in [5, 5.41) is 7.21. The average Bonchev–Trinajstić information content (AvgIpc) is 3.48. The molecule has 174 valence electrons. The number of benzene rings is 1. The van der Waals surface area contributed by atoms with Crippen molar-refractivity contribution < 1.29 is 4.74 Å². The maximum atomic E-state index is 5.58. The minimum Gasteiger partial charge on any atom is -0.379 e. The zero-order valence-electron chi connectivity index (χ0n) is 19.0. The van der Waals surface area contributed by atoms with Gasteiger partial charge in [0.2, 0.25) is 0 Å². The monoisotopic (exact) mass is 541 g/mol. The van der Waals surface area contributed by atoms with Gasteiger partial charge < -0.3 is 15.4 Å². The van der Waals surface area contributed by atoms with Crippen molar-refractivity contribution in [2.24, 2.45) is 4.99 Å². The van der Waals surface area contributed by atoms with Crippen molar-refractivity contribution in [3.63, 3.8) is 0 Å². The first-order chi connectivity index (χ1) is 14.8. The van der Waals surface area contributed by atoms with Crippen LogP contribution in [0.3, 0.4) is 0 Å². The molecular formula is C24H40IN5O. The number of halogens is 1. The van der Waals surface area contributed by atoms with Crippen molar-refractivity contribution in [2.45, 2.75) is 57.2 Å². The van der Waals surface area contributed by atoms with Crippen LogP contribution in [-0.2, 0) is 4.74 Å². The van der Waals surface area contributed by atoms with Crippen molar-refractivity contribution in [1.82, 2.24) is 20.4 Å². The molecule has 1 aliphatic carbocycles. The first-order valence-corrected chi connectivity index (χ1v) is 12.0. The van der Waals surface area contributed by atoms with Crippen LogP contribution in [-0.4, -0.2) is 80.3 Å². The van der Waals surface area contributed by atoms with Gasteiger partial charge >= 0.3 is 0 Å². The zero-order valence-corrected chi connectivity index (χ0v) is 21.3. The molecule has 3 aliphatic rings. The summed E-state index contributed by atoms with van der Waals surface area (Å²) in [6.07, 6.45) is 6.81. The number of hydrogen-bond acceptors (Lipinski definition) is 4. The standard InChI is InChI=1S/C24H39N5O.HI/c1-2-25-24(27-21-12-13-29(19-21)22-10-6-7-11-22)26-18-23(20-8-4-3-5-9-20)28-14-16-30-17-15-28;/h3-5,8-9,21-23H,2,6-7,10-19H2,1H3,(H2,25,26,27);1H. The Hall–Kier alpha value is -0.900. The maximum Gasteiger partial charge on any atom is 0.191 e. The molecule has 2 heterocycles. The molecule has 7 heteroatoms. The molecule has 2 saturated heterocycles. The van der Waals surface area contributed by atoms with Gasteiger partial charge in [-0.05, 0) is 31.7 Å². The maximum absolute atomic E-state index is 5.58. The summed E-state index contributed by atoms with van der Waals surface area (Å²) in [5.74, 6) is 0.963.